The number of aromatic nitrogens is 2. The molecular weight excluding hydrogens is 302 g/mol. The second-order valence-corrected chi connectivity index (χ2v) is 6.07. The normalized spacial score (nSPS) is 17.3. The molecule has 1 amide bonds. The Balaban J connectivity index is 1.38. The molecule has 24 heavy (non-hydrogen) atoms. The molecule has 0 saturated carbocycles. The van der Waals surface area contributed by atoms with E-state index in [1.54, 1.807) is 0 Å². The molecule has 1 aliphatic heterocycles. The maximum atomic E-state index is 12.3. The van der Waals surface area contributed by atoms with Gasteiger partial charge in [0.05, 0.1) is 12.1 Å². The van der Waals surface area contributed by atoms with Crippen molar-refractivity contribution in [2.75, 3.05) is 13.1 Å². The minimum Gasteiger partial charge on any atom is -0.472 e. The van der Waals surface area contributed by atoms with E-state index in [1.807, 2.05) is 70.4 Å². The molecule has 0 aliphatic carbocycles. The Morgan fingerprint density at radius 1 is 1.12 bits per heavy atom. The predicted molar refractivity (Wildman–Crippen MR) is 91.8 cm³/mol. The number of para-hydroxylation sites is 1. The van der Waals surface area contributed by atoms with Crippen LogP contribution in [0.3, 0.4) is 0 Å². The summed E-state index contributed by atoms with van der Waals surface area (Å²) in [4.78, 5) is 18.7. The van der Waals surface area contributed by atoms with Gasteiger partial charge in [-0.3, -0.25) is 4.79 Å². The average molecular weight is 321 g/mol. The summed E-state index contributed by atoms with van der Waals surface area (Å²) in [7, 11) is 0. The van der Waals surface area contributed by atoms with Gasteiger partial charge in [0.25, 0.3) is 0 Å². The topological polar surface area (TPSA) is 47.4 Å². The zero-order chi connectivity index (χ0) is 16.4. The first kappa shape index (κ1) is 14.8. The summed E-state index contributed by atoms with van der Waals surface area (Å²) >= 11 is 0. The number of carbonyl (C=O) groups excluding carboxylic acids is 1. The van der Waals surface area contributed by atoms with Crippen LogP contribution in [0.5, 0.6) is 5.88 Å². The van der Waals surface area contributed by atoms with Crippen molar-refractivity contribution in [2.45, 2.75) is 19.1 Å². The van der Waals surface area contributed by atoms with Crippen LogP contribution in [-0.4, -0.2) is 39.6 Å². The van der Waals surface area contributed by atoms with Gasteiger partial charge in [-0.05, 0) is 24.3 Å². The number of nitrogens with zero attached hydrogens (tertiary/aromatic N) is 3. The number of amides is 1. The lowest BCUT2D eigenvalue weighted by Gasteiger charge is -2.17. The third-order valence-corrected chi connectivity index (χ3v) is 4.34. The third-order valence-electron chi connectivity index (χ3n) is 4.34. The van der Waals surface area contributed by atoms with E-state index in [9.17, 15) is 4.79 Å². The van der Waals surface area contributed by atoms with Crippen LogP contribution in [0.4, 0.5) is 0 Å². The number of rotatable bonds is 4. The van der Waals surface area contributed by atoms with Crippen molar-refractivity contribution in [1.82, 2.24) is 14.5 Å². The lowest BCUT2D eigenvalue weighted by molar-refractivity contribution is -0.131. The highest BCUT2D eigenvalue weighted by Crippen LogP contribution is 2.20. The van der Waals surface area contributed by atoms with E-state index in [0.29, 0.717) is 19.0 Å². The third kappa shape index (κ3) is 3.11. The number of carbonyl (C=O) groups is 1. The van der Waals surface area contributed by atoms with Gasteiger partial charge in [0.1, 0.15) is 12.6 Å². The SMILES string of the molecule is O=C(Cn1cccc1)N1CCC(Oc2ccc3ccccc3n2)C1. The Morgan fingerprint density at radius 2 is 1.96 bits per heavy atom. The van der Waals surface area contributed by atoms with Crippen LogP contribution in [0.25, 0.3) is 10.9 Å². The number of benzene rings is 1. The van der Waals surface area contributed by atoms with Crippen molar-refractivity contribution in [1.29, 1.82) is 0 Å². The van der Waals surface area contributed by atoms with Gasteiger partial charge in [0.15, 0.2) is 0 Å². The van der Waals surface area contributed by atoms with Crippen LogP contribution in [0.2, 0.25) is 0 Å². The molecule has 3 aromatic rings. The molecule has 1 aliphatic rings. The zero-order valence-corrected chi connectivity index (χ0v) is 13.3. The molecule has 0 N–H and O–H groups in total. The first-order valence-electron chi connectivity index (χ1n) is 8.19. The largest absolute Gasteiger partial charge is 0.472 e. The Kier molecular flexibility index (Phi) is 3.91. The summed E-state index contributed by atoms with van der Waals surface area (Å²) in [6.07, 6.45) is 4.65. The van der Waals surface area contributed by atoms with Crippen molar-refractivity contribution in [3.05, 3.63) is 60.9 Å². The minimum absolute atomic E-state index is 0.00674. The average Bonchev–Trinajstić information content (AvgIpc) is 3.27. The van der Waals surface area contributed by atoms with Gasteiger partial charge in [-0.15, -0.1) is 0 Å². The summed E-state index contributed by atoms with van der Waals surface area (Å²) < 4.78 is 7.88. The standard InChI is InChI=1S/C19H19N3O2/c23-19(14-21-10-3-4-11-21)22-12-9-16(13-22)24-18-8-7-15-5-1-2-6-17(15)20-18/h1-8,10-11,16H,9,12-14H2. The van der Waals surface area contributed by atoms with Crippen molar-refractivity contribution in [3.8, 4) is 5.88 Å². The summed E-state index contributed by atoms with van der Waals surface area (Å²) in [6, 6.07) is 15.7. The number of likely N-dealkylation sites (tertiary alicyclic amines) is 1. The molecule has 3 heterocycles. The monoisotopic (exact) mass is 321 g/mol. The van der Waals surface area contributed by atoms with Gasteiger partial charge in [0.2, 0.25) is 11.8 Å². The Morgan fingerprint density at radius 3 is 2.83 bits per heavy atom. The molecule has 1 unspecified atom stereocenters. The van der Waals surface area contributed by atoms with Crippen LogP contribution < -0.4 is 4.74 Å². The maximum Gasteiger partial charge on any atom is 0.242 e. The number of hydrogen-bond donors (Lipinski definition) is 0. The molecular formula is C19H19N3O2. The fourth-order valence-corrected chi connectivity index (χ4v) is 3.07. The summed E-state index contributed by atoms with van der Waals surface area (Å²) in [5, 5.41) is 1.10. The first-order valence-corrected chi connectivity index (χ1v) is 8.19. The fraction of sp³-hybridized carbons (Fsp3) is 0.263. The summed E-state index contributed by atoms with van der Waals surface area (Å²) in [5.41, 5.74) is 0.925. The molecule has 1 aromatic carbocycles. The van der Waals surface area contributed by atoms with Gasteiger partial charge in [-0.1, -0.05) is 18.2 Å². The second kappa shape index (κ2) is 6.35. The maximum absolute atomic E-state index is 12.3. The van der Waals surface area contributed by atoms with Crippen molar-refractivity contribution < 1.29 is 9.53 Å². The van der Waals surface area contributed by atoms with Crippen molar-refractivity contribution in [2.24, 2.45) is 0 Å². The molecule has 1 fully saturated rings. The van der Waals surface area contributed by atoms with E-state index in [4.69, 9.17) is 4.74 Å². The second-order valence-electron chi connectivity index (χ2n) is 6.07. The van der Waals surface area contributed by atoms with Crippen LogP contribution >= 0.6 is 0 Å². The van der Waals surface area contributed by atoms with E-state index in [0.717, 1.165) is 23.9 Å². The van der Waals surface area contributed by atoms with Crippen LogP contribution in [-0.2, 0) is 11.3 Å². The van der Waals surface area contributed by atoms with Gasteiger partial charge in [-0.25, -0.2) is 4.98 Å². The highest BCUT2D eigenvalue weighted by molar-refractivity contribution is 5.78. The summed E-state index contributed by atoms with van der Waals surface area (Å²) in [6.45, 7) is 1.74. The predicted octanol–water partition coefficient (Wildman–Crippen LogP) is 2.72. The van der Waals surface area contributed by atoms with Crippen LogP contribution in [0, 0.1) is 0 Å². The highest BCUT2D eigenvalue weighted by Gasteiger charge is 2.27. The summed E-state index contributed by atoms with van der Waals surface area (Å²) in [5.74, 6) is 0.752. The Bertz CT molecular complexity index is 845. The van der Waals surface area contributed by atoms with Crippen molar-refractivity contribution in [3.63, 3.8) is 0 Å². The molecule has 5 heteroatoms. The van der Waals surface area contributed by atoms with Crippen molar-refractivity contribution >= 4 is 16.8 Å². The lowest BCUT2D eigenvalue weighted by Crippen LogP contribution is -2.33. The van der Waals surface area contributed by atoms with Crippen LogP contribution in [0.15, 0.2) is 60.9 Å². The van der Waals surface area contributed by atoms with Gasteiger partial charge in [0, 0.05) is 36.8 Å². The molecule has 0 bridgehead atoms. The molecule has 5 nitrogen and oxygen atoms in total. The number of ether oxygens (including phenoxy) is 1. The van der Waals surface area contributed by atoms with E-state index in [2.05, 4.69) is 4.98 Å². The first-order chi connectivity index (χ1) is 11.8. The molecule has 4 rings (SSSR count). The molecule has 2 aromatic heterocycles. The van der Waals surface area contributed by atoms with E-state index < -0.39 is 0 Å². The number of pyridine rings is 1. The van der Waals surface area contributed by atoms with E-state index in [1.165, 1.54) is 0 Å². The van der Waals surface area contributed by atoms with Gasteiger partial charge >= 0.3 is 0 Å². The highest BCUT2D eigenvalue weighted by atomic mass is 16.5. The number of hydrogen-bond acceptors (Lipinski definition) is 3. The molecule has 0 spiro atoms. The smallest absolute Gasteiger partial charge is 0.242 e. The quantitative estimate of drug-likeness (QED) is 0.742. The minimum atomic E-state index is 0.00674. The Hall–Kier alpha value is -2.82. The lowest BCUT2D eigenvalue weighted by atomic mass is 10.2. The molecule has 1 saturated heterocycles. The zero-order valence-electron chi connectivity index (χ0n) is 13.3. The number of fused-ring (bicyclic) bond motifs is 1. The van der Waals surface area contributed by atoms with Crippen LogP contribution in [0.1, 0.15) is 6.42 Å². The Labute approximate surface area is 140 Å². The van der Waals surface area contributed by atoms with E-state index in [-0.39, 0.29) is 12.0 Å². The van der Waals surface area contributed by atoms with Gasteiger partial charge in [-0.2, -0.15) is 0 Å². The van der Waals surface area contributed by atoms with Gasteiger partial charge < -0.3 is 14.2 Å². The van der Waals surface area contributed by atoms with E-state index >= 15 is 0 Å². The molecule has 122 valence electrons. The molecule has 1 atom stereocenters. The fourth-order valence-electron chi connectivity index (χ4n) is 3.07. The molecule has 0 radical (unpaired) electrons.